The minimum absolute atomic E-state index is 0.00777. The minimum Gasteiger partial charge on any atom is -0.334 e. The number of nitrogens with zero attached hydrogens (tertiary/aromatic N) is 6. The molecule has 27 heavy (non-hydrogen) atoms. The monoisotopic (exact) mass is 369 g/mol. The van der Waals surface area contributed by atoms with Crippen molar-refractivity contribution in [2.24, 2.45) is 5.92 Å². The van der Waals surface area contributed by atoms with Gasteiger partial charge in [0.1, 0.15) is 0 Å². The maximum atomic E-state index is 13.4. The van der Waals surface area contributed by atoms with Crippen LogP contribution in [0.1, 0.15) is 23.2 Å². The smallest absolute Gasteiger partial charge is 0.319 e. The van der Waals surface area contributed by atoms with Crippen LogP contribution in [0.25, 0.3) is 11.4 Å². The molecule has 0 radical (unpaired) electrons. The second-order valence-electron chi connectivity index (χ2n) is 7.42. The first-order chi connectivity index (χ1) is 13.0. The average Bonchev–Trinajstić information content (AvgIpc) is 3.06. The van der Waals surface area contributed by atoms with Crippen LogP contribution < -0.4 is 0 Å². The van der Waals surface area contributed by atoms with E-state index < -0.39 is 0 Å². The molecule has 4 heterocycles. The van der Waals surface area contributed by atoms with Crippen LogP contribution in [0.5, 0.6) is 0 Å². The fraction of sp³-hybridized carbons (Fsp3) is 0.500. The predicted molar refractivity (Wildman–Crippen MR) is 97.8 cm³/mol. The summed E-state index contributed by atoms with van der Waals surface area (Å²) in [5, 5.41) is 14.1. The zero-order valence-electron chi connectivity index (χ0n) is 15.5. The van der Waals surface area contributed by atoms with Gasteiger partial charge in [-0.25, -0.2) is 4.79 Å². The topological polar surface area (TPSA) is 98.3 Å². The molecule has 9 heteroatoms. The van der Waals surface area contributed by atoms with Crippen LogP contribution in [0.15, 0.2) is 24.3 Å². The number of carbonyl (C=O) groups is 2. The van der Waals surface area contributed by atoms with Crippen LogP contribution in [-0.2, 0) is 0 Å². The van der Waals surface area contributed by atoms with Crippen molar-refractivity contribution >= 4 is 11.9 Å². The Morgan fingerprint density at radius 1 is 1.15 bits per heavy atom. The summed E-state index contributed by atoms with van der Waals surface area (Å²) in [5.41, 5.74) is 1.23. The SMILES string of the molecule is CN(C)C(=O)N1C[C@@H]2CC[C@H](C1)N(C(=O)c1ccccc1-c1nn[nH]n1)C2. The number of carbonyl (C=O) groups excluding carboxylic acids is 2. The number of aromatic nitrogens is 4. The van der Waals surface area contributed by atoms with Crippen LogP contribution >= 0.6 is 0 Å². The normalized spacial score (nSPS) is 21.9. The summed E-state index contributed by atoms with van der Waals surface area (Å²) in [6.45, 7) is 1.94. The van der Waals surface area contributed by atoms with Gasteiger partial charge in [0.2, 0.25) is 5.82 Å². The first kappa shape index (κ1) is 17.4. The number of urea groups is 1. The molecule has 1 N–H and O–H groups in total. The molecule has 142 valence electrons. The van der Waals surface area contributed by atoms with E-state index in [0.717, 1.165) is 12.8 Å². The highest BCUT2D eigenvalue weighted by molar-refractivity contribution is 6.00. The van der Waals surface area contributed by atoms with Crippen molar-refractivity contribution in [2.75, 3.05) is 33.7 Å². The standard InChI is InChI=1S/C18H23N7O2/c1-23(2)18(27)24-9-12-7-8-13(11-24)25(10-12)17(26)15-6-4-3-5-14(15)16-19-21-22-20-16/h3-6,12-13H,7-11H2,1-2H3,(H,19,20,21,22)/t12-,13+/m0/s1. The van der Waals surface area contributed by atoms with Crippen LogP contribution in [0.3, 0.4) is 0 Å². The van der Waals surface area contributed by atoms with E-state index in [1.54, 1.807) is 25.1 Å². The quantitative estimate of drug-likeness (QED) is 0.854. The summed E-state index contributed by atoms with van der Waals surface area (Å²) >= 11 is 0. The number of amides is 3. The number of benzene rings is 1. The Bertz CT molecular complexity index is 836. The maximum Gasteiger partial charge on any atom is 0.319 e. The van der Waals surface area contributed by atoms with Gasteiger partial charge in [0.25, 0.3) is 5.91 Å². The van der Waals surface area contributed by atoms with Crippen LogP contribution in [0.2, 0.25) is 0 Å². The lowest BCUT2D eigenvalue weighted by Crippen LogP contribution is -2.48. The number of piperidine rings is 1. The van der Waals surface area contributed by atoms with Crippen molar-refractivity contribution in [1.82, 2.24) is 35.3 Å². The fourth-order valence-corrected chi connectivity index (χ4v) is 4.06. The third kappa shape index (κ3) is 3.24. The average molecular weight is 369 g/mol. The van der Waals surface area contributed by atoms with Crippen molar-refractivity contribution in [3.63, 3.8) is 0 Å². The first-order valence-electron chi connectivity index (χ1n) is 9.14. The summed E-state index contributed by atoms with van der Waals surface area (Å²) in [7, 11) is 3.53. The molecule has 0 unspecified atom stereocenters. The highest BCUT2D eigenvalue weighted by Crippen LogP contribution is 2.31. The third-order valence-electron chi connectivity index (χ3n) is 5.37. The van der Waals surface area contributed by atoms with E-state index >= 15 is 0 Å². The molecule has 3 aliphatic rings. The molecule has 2 bridgehead atoms. The first-order valence-corrected chi connectivity index (χ1v) is 9.14. The van der Waals surface area contributed by atoms with Gasteiger partial charge in [0.05, 0.1) is 5.56 Å². The van der Waals surface area contributed by atoms with E-state index in [0.29, 0.717) is 42.5 Å². The van der Waals surface area contributed by atoms with Crippen molar-refractivity contribution < 1.29 is 9.59 Å². The van der Waals surface area contributed by atoms with Crippen molar-refractivity contribution in [2.45, 2.75) is 18.9 Å². The van der Waals surface area contributed by atoms with Gasteiger partial charge < -0.3 is 14.7 Å². The van der Waals surface area contributed by atoms with Gasteiger partial charge in [0.15, 0.2) is 0 Å². The van der Waals surface area contributed by atoms with Gasteiger partial charge in [-0.05, 0) is 30.0 Å². The van der Waals surface area contributed by atoms with E-state index in [1.807, 2.05) is 28.0 Å². The molecule has 2 aromatic rings. The van der Waals surface area contributed by atoms with E-state index in [4.69, 9.17) is 0 Å². The van der Waals surface area contributed by atoms with Gasteiger partial charge in [-0.2, -0.15) is 5.21 Å². The second kappa shape index (κ2) is 6.98. The zero-order valence-corrected chi connectivity index (χ0v) is 15.5. The van der Waals surface area contributed by atoms with Crippen LogP contribution in [0, 0.1) is 5.92 Å². The molecule has 5 rings (SSSR count). The largest absolute Gasteiger partial charge is 0.334 e. The Kier molecular flexibility index (Phi) is 4.51. The molecule has 3 aliphatic heterocycles. The van der Waals surface area contributed by atoms with Crippen molar-refractivity contribution in [3.8, 4) is 11.4 Å². The second-order valence-corrected chi connectivity index (χ2v) is 7.42. The molecule has 2 atom stereocenters. The highest BCUT2D eigenvalue weighted by atomic mass is 16.2. The van der Waals surface area contributed by atoms with E-state index in [9.17, 15) is 9.59 Å². The van der Waals surface area contributed by atoms with Crippen LogP contribution in [0.4, 0.5) is 4.79 Å². The van der Waals surface area contributed by atoms with Gasteiger partial charge in [-0.3, -0.25) is 4.79 Å². The Labute approximate surface area is 157 Å². The van der Waals surface area contributed by atoms with Gasteiger partial charge in [0, 0.05) is 45.3 Å². The molecule has 3 fully saturated rings. The number of aromatic amines is 1. The predicted octanol–water partition coefficient (Wildman–Crippen LogP) is 1.08. The molecular formula is C18H23N7O2. The molecule has 3 amide bonds. The number of rotatable bonds is 2. The fourth-order valence-electron chi connectivity index (χ4n) is 4.06. The number of fused-ring (bicyclic) bond motifs is 4. The number of nitrogens with one attached hydrogen (secondary N) is 1. The van der Waals surface area contributed by atoms with E-state index in [-0.39, 0.29) is 18.0 Å². The van der Waals surface area contributed by atoms with Crippen molar-refractivity contribution in [3.05, 3.63) is 29.8 Å². The molecule has 0 saturated carbocycles. The van der Waals surface area contributed by atoms with Gasteiger partial charge in [-0.15, -0.1) is 10.2 Å². The lowest BCUT2D eigenvalue weighted by atomic mass is 9.93. The lowest BCUT2D eigenvalue weighted by molar-refractivity contribution is 0.0586. The summed E-state index contributed by atoms with van der Waals surface area (Å²) in [5.74, 6) is 0.668. The van der Waals surface area contributed by atoms with Crippen LogP contribution in [-0.4, -0.2) is 87.0 Å². The number of tetrazole rings is 1. The summed E-state index contributed by atoms with van der Waals surface area (Å²) in [4.78, 5) is 31.2. The zero-order chi connectivity index (χ0) is 19.0. The third-order valence-corrected chi connectivity index (χ3v) is 5.37. The summed E-state index contributed by atoms with van der Waals surface area (Å²) < 4.78 is 0. The summed E-state index contributed by atoms with van der Waals surface area (Å²) in [6, 6.07) is 7.36. The number of H-pyrrole nitrogens is 1. The molecule has 1 aromatic heterocycles. The number of hydrogen-bond acceptors (Lipinski definition) is 5. The molecule has 3 saturated heterocycles. The molecule has 9 nitrogen and oxygen atoms in total. The minimum atomic E-state index is -0.0377. The van der Waals surface area contributed by atoms with Crippen molar-refractivity contribution in [1.29, 1.82) is 0 Å². The maximum absolute atomic E-state index is 13.4. The summed E-state index contributed by atoms with van der Waals surface area (Å²) in [6.07, 6.45) is 1.95. The van der Waals surface area contributed by atoms with E-state index in [2.05, 4.69) is 20.6 Å². The Hall–Kier alpha value is -2.97. The molecule has 1 aromatic carbocycles. The van der Waals surface area contributed by atoms with Gasteiger partial charge in [-0.1, -0.05) is 18.2 Å². The molecule has 0 aliphatic carbocycles. The van der Waals surface area contributed by atoms with E-state index in [1.165, 1.54) is 0 Å². The molecular weight excluding hydrogens is 346 g/mol. The molecule has 0 spiro atoms. The Morgan fingerprint density at radius 3 is 2.70 bits per heavy atom. The Balaban J connectivity index is 1.62. The Morgan fingerprint density at radius 2 is 1.96 bits per heavy atom. The number of hydrogen-bond donors (Lipinski definition) is 1. The van der Waals surface area contributed by atoms with Gasteiger partial charge >= 0.3 is 6.03 Å². The highest BCUT2D eigenvalue weighted by Gasteiger charge is 2.39. The lowest BCUT2D eigenvalue weighted by Gasteiger charge is -2.36.